The van der Waals surface area contributed by atoms with Crippen molar-refractivity contribution >= 4 is 52.2 Å². The van der Waals surface area contributed by atoms with Gasteiger partial charge in [-0.05, 0) is 76.9 Å². The molecular weight excluding hydrogens is 536 g/mol. The van der Waals surface area contributed by atoms with Crippen LogP contribution in [0.1, 0.15) is 120 Å². The quantitative estimate of drug-likeness (QED) is 0.0701. The number of hydrogen-bond donors (Lipinski definition) is 4. The van der Waals surface area contributed by atoms with Gasteiger partial charge in [0.2, 0.25) is 11.9 Å². The molecule has 2 rings (SSSR count). The third kappa shape index (κ3) is 11.8. The molecule has 0 unspecified atom stereocenters. The van der Waals surface area contributed by atoms with Crippen molar-refractivity contribution in [1.82, 2.24) is 5.43 Å². The van der Waals surface area contributed by atoms with E-state index < -0.39 is 0 Å². The summed E-state index contributed by atoms with van der Waals surface area (Å²) < 4.78 is 0. The normalized spacial score (nSPS) is 11.0. The SMILES string of the molecule is CC(=O)c1cc(N=C(CCCCCCCCC(=O)Nc2cc(C(C)=O)cc(C(C)=O)c2)NN=C(N)N)cc(C(C)=O)c1. The predicted octanol–water partition coefficient (Wildman–Crippen LogP) is 5.06. The summed E-state index contributed by atoms with van der Waals surface area (Å²) in [7, 11) is 0. The van der Waals surface area contributed by atoms with E-state index in [0.29, 0.717) is 58.7 Å². The molecule has 224 valence electrons. The molecule has 2 aromatic carbocycles. The van der Waals surface area contributed by atoms with E-state index in [1.807, 2.05) is 0 Å². The lowest BCUT2D eigenvalue weighted by molar-refractivity contribution is -0.116. The Balaban J connectivity index is 1.84. The van der Waals surface area contributed by atoms with Crippen molar-refractivity contribution < 1.29 is 24.0 Å². The van der Waals surface area contributed by atoms with Crippen LogP contribution in [0.4, 0.5) is 11.4 Å². The highest BCUT2D eigenvalue weighted by Crippen LogP contribution is 2.21. The number of unbranched alkanes of at least 4 members (excludes halogenated alkanes) is 5. The maximum atomic E-state index is 12.4. The molecular formula is C31H40N6O5. The molecule has 0 aliphatic carbocycles. The molecule has 0 aliphatic heterocycles. The Morgan fingerprint density at radius 3 is 1.50 bits per heavy atom. The Morgan fingerprint density at radius 1 is 0.619 bits per heavy atom. The fourth-order valence-corrected chi connectivity index (χ4v) is 4.12. The van der Waals surface area contributed by atoms with E-state index in [1.54, 1.807) is 30.3 Å². The summed E-state index contributed by atoms with van der Waals surface area (Å²) in [6.07, 6.45) is 6.06. The lowest BCUT2D eigenvalue weighted by atomic mass is 10.0. The van der Waals surface area contributed by atoms with Gasteiger partial charge in [0, 0.05) is 40.8 Å². The minimum atomic E-state index is -0.177. The first-order valence-corrected chi connectivity index (χ1v) is 13.9. The van der Waals surface area contributed by atoms with Gasteiger partial charge >= 0.3 is 0 Å². The topological polar surface area (TPSA) is 186 Å². The molecule has 0 spiro atoms. The average molecular weight is 577 g/mol. The van der Waals surface area contributed by atoms with E-state index in [2.05, 4.69) is 20.8 Å². The highest BCUT2D eigenvalue weighted by molar-refractivity contribution is 6.03. The fraction of sp³-hybridized carbons (Fsp3) is 0.387. The van der Waals surface area contributed by atoms with E-state index in [9.17, 15) is 24.0 Å². The summed E-state index contributed by atoms with van der Waals surface area (Å²) in [6, 6.07) is 9.47. The maximum absolute atomic E-state index is 12.4. The van der Waals surface area contributed by atoms with Gasteiger partial charge in [0.1, 0.15) is 5.84 Å². The molecule has 0 saturated carbocycles. The van der Waals surface area contributed by atoms with Crippen molar-refractivity contribution in [2.45, 2.75) is 79.1 Å². The van der Waals surface area contributed by atoms with Crippen LogP contribution in [-0.4, -0.2) is 40.8 Å². The van der Waals surface area contributed by atoms with E-state index in [1.165, 1.54) is 33.8 Å². The van der Waals surface area contributed by atoms with Gasteiger partial charge in [-0.2, -0.15) is 0 Å². The number of guanidine groups is 1. The zero-order valence-corrected chi connectivity index (χ0v) is 24.7. The number of hydrazone groups is 1. The minimum Gasteiger partial charge on any atom is -0.369 e. The number of carbonyl (C=O) groups is 5. The second-order valence-electron chi connectivity index (χ2n) is 10.2. The predicted molar refractivity (Wildman–Crippen MR) is 165 cm³/mol. The summed E-state index contributed by atoms with van der Waals surface area (Å²) >= 11 is 0. The number of amides is 1. The number of rotatable bonds is 16. The molecule has 2 aromatic rings. The number of carbonyl (C=O) groups excluding carboxylic acids is 5. The van der Waals surface area contributed by atoms with Crippen molar-refractivity contribution in [2.75, 3.05) is 5.32 Å². The first-order chi connectivity index (χ1) is 19.8. The number of nitrogens with two attached hydrogens (primary N) is 2. The zero-order valence-electron chi connectivity index (χ0n) is 24.7. The van der Waals surface area contributed by atoms with Crippen molar-refractivity contribution in [3.8, 4) is 0 Å². The second-order valence-corrected chi connectivity index (χ2v) is 10.2. The van der Waals surface area contributed by atoms with Crippen LogP contribution in [0.5, 0.6) is 0 Å². The number of ketones is 4. The molecule has 0 aliphatic rings. The highest BCUT2D eigenvalue weighted by atomic mass is 16.2. The van der Waals surface area contributed by atoms with Crippen LogP contribution >= 0.6 is 0 Å². The van der Waals surface area contributed by atoms with Crippen LogP contribution in [-0.2, 0) is 4.79 Å². The molecule has 0 bridgehead atoms. The molecule has 11 heteroatoms. The number of nitrogens with one attached hydrogen (secondary N) is 2. The lowest BCUT2D eigenvalue weighted by Gasteiger charge is -2.09. The molecule has 0 atom stereocenters. The molecule has 0 aromatic heterocycles. The van der Waals surface area contributed by atoms with Gasteiger partial charge in [-0.15, -0.1) is 5.10 Å². The van der Waals surface area contributed by atoms with Crippen LogP contribution in [0.25, 0.3) is 0 Å². The monoisotopic (exact) mass is 576 g/mol. The first kappa shape index (κ1) is 33.5. The Labute approximate surface area is 246 Å². The van der Waals surface area contributed by atoms with Crippen molar-refractivity contribution in [1.29, 1.82) is 0 Å². The van der Waals surface area contributed by atoms with E-state index in [0.717, 1.165) is 32.1 Å². The molecule has 1 amide bonds. The fourth-order valence-electron chi connectivity index (χ4n) is 4.12. The molecule has 0 heterocycles. The Hall–Kier alpha value is -4.67. The van der Waals surface area contributed by atoms with Gasteiger partial charge in [0.05, 0.1) is 5.69 Å². The zero-order chi connectivity index (χ0) is 31.2. The van der Waals surface area contributed by atoms with Crippen LogP contribution in [0.15, 0.2) is 46.5 Å². The Bertz CT molecular complexity index is 1330. The van der Waals surface area contributed by atoms with Gasteiger partial charge in [0.15, 0.2) is 23.1 Å². The number of benzene rings is 2. The smallest absolute Gasteiger partial charge is 0.224 e. The van der Waals surface area contributed by atoms with Gasteiger partial charge in [-0.3, -0.25) is 29.4 Å². The first-order valence-electron chi connectivity index (χ1n) is 13.9. The van der Waals surface area contributed by atoms with Crippen molar-refractivity contribution in [3.05, 3.63) is 58.7 Å². The number of amidine groups is 1. The summed E-state index contributed by atoms with van der Waals surface area (Å²) in [5, 5.41) is 6.62. The second kappa shape index (κ2) is 16.6. The molecule has 0 saturated heterocycles. The molecule has 11 nitrogen and oxygen atoms in total. The maximum Gasteiger partial charge on any atom is 0.224 e. The number of hydrogen-bond acceptors (Lipinski definition) is 7. The molecule has 0 fully saturated rings. The largest absolute Gasteiger partial charge is 0.369 e. The van der Waals surface area contributed by atoms with Crippen molar-refractivity contribution in [2.24, 2.45) is 21.6 Å². The minimum absolute atomic E-state index is 0.153. The van der Waals surface area contributed by atoms with Crippen LogP contribution in [0.2, 0.25) is 0 Å². The number of aliphatic imine (C=N–C) groups is 1. The number of anilines is 1. The highest BCUT2D eigenvalue weighted by Gasteiger charge is 2.11. The summed E-state index contributed by atoms with van der Waals surface area (Å²) in [5.74, 6) is -0.521. The number of Topliss-reactive ketones (excluding diaryl/α,β-unsaturated/α-hetero) is 4. The summed E-state index contributed by atoms with van der Waals surface area (Å²) in [4.78, 5) is 64.3. The van der Waals surface area contributed by atoms with Crippen molar-refractivity contribution in [3.63, 3.8) is 0 Å². The molecule has 6 N–H and O–H groups in total. The summed E-state index contributed by atoms with van der Waals surface area (Å²) in [5.41, 5.74) is 16.1. The third-order valence-electron chi connectivity index (χ3n) is 6.41. The van der Waals surface area contributed by atoms with Crippen LogP contribution in [0.3, 0.4) is 0 Å². The van der Waals surface area contributed by atoms with Gasteiger partial charge < -0.3 is 16.8 Å². The standard InChI is InChI=1S/C31H40N6O5/c1-19(38)23-13-24(20(2)39)16-27(15-23)34-29(36-37-31(32)33)11-9-7-5-6-8-10-12-30(42)35-28-17-25(21(3)40)14-26(18-28)22(4)41/h13-18H,5-12H2,1-4H3,(H,34,36)(H,35,42)(H4,32,33,37). The molecule has 42 heavy (non-hydrogen) atoms. The van der Waals surface area contributed by atoms with Crippen LogP contribution in [0, 0.1) is 0 Å². The average Bonchev–Trinajstić information content (AvgIpc) is 2.92. The van der Waals surface area contributed by atoms with E-state index in [4.69, 9.17) is 11.5 Å². The van der Waals surface area contributed by atoms with E-state index in [-0.39, 0.29) is 35.0 Å². The Morgan fingerprint density at radius 2 is 1.05 bits per heavy atom. The van der Waals surface area contributed by atoms with E-state index >= 15 is 0 Å². The van der Waals surface area contributed by atoms with Gasteiger partial charge in [0.25, 0.3) is 0 Å². The molecule has 0 radical (unpaired) electrons. The third-order valence-corrected chi connectivity index (χ3v) is 6.41. The number of nitrogens with zero attached hydrogens (tertiary/aromatic N) is 2. The lowest BCUT2D eigenvalue weighted by Crippen LogP contribution is -2.29. The summed E-state index contributed by atoms with van der Waals surface area (Å²) in [6.45, 7) is 5.69. The van der Waals surface area contributed by atoms with Crippen LogP contribution < -0.4 is 22.2 Å². The Kier molecular flexibility index (Phi) is 13.2. The van der Waals surface area contributed by atoms with Gasteiger partial charge in [-0.1, -0.05) is 25.7 Å². The van der Waals surface area contributed by atoms with Gasteiger partial charge in [-0.25, -0.2) is 4.99 Å².